The topological polar surface area (TPSA) is 32.3 Å². The number of rotatable bonds is 4. The van der Waals surface area contributed by atoms with Gasteiger partial charge in [0.15, 0.2) is 0 Å². The van der Waals surface area contributed by atoms with Crippen LogP contribution in [0.3, 0.4) is 0 Å². The van der Waals surface area contributed by atoms with E-state index in [1.165, 1.54) is 5.56 Å². The van der Waals surface area contributed by atoms with E-state index in [1.807, 2.05) is 6.92 Å². The Kier molecular flexibility index (Phi) is 4.94. The van der Waals surface area contributed by atoms with E-state index >= 15 is 0 Å². The summed E-state index contributed by atoms with van der Waals surface area (Å²) in [6.45, 7) is 13.6. The van der Waals surface area contributed by atoms with E-state index < -0.39 is 6.10 Å². The van der Waals surface area contributed by atoms with Crippen LogP contribution >= 0.6 is 0 Å². The van der Waals surface area contributed by atoms with Crippen LogP contribution in [-0.4, -0.2) is 17.7 Å². The smallest absolute Gasteiger partial charge is 0.0942 e. The Hall–Kier alpha value is -0.860. The highest BCUT2D eigenvalue weighted by Gasteiger charge is 2.20. The van der Waals surface area contributed by atoms with Crippen LogP contribution in [0.25, 0.3) is 0 Å². The minimum atomic E-state index is -0.452. The van der Waals surface area contributed by atoms with Gasteiger partial charge in [-0.25, -0.2) is 0 Å². The summed E-state index contributed by atoms with van der Waals surface area (Å²) in [5, 5.41) is 13.7. The van der Waals surface area contributed by atoms with Gasteiger partial charge in [0, 0.05) is 6.04 Å². The van der Waals surface area contributed by atoms with Crippen LogP contribution in [0, 0.1) is 6.92 Å². The molecule has 1 aromatic carbocycles. The molecule has 1 aromatic rings. The summed E-state index contributed by atoms with van der Waals surface area (Å²) in [6.07, 6.45) is -0.452. The molecule has 18 heavy (non-hydrogen) atoms. The first-order chi connectivity index (χ1) is 8.27. The molecule has 0 saturated heterocycles. The average Bonchev–Trinajstić information content (AvgIpc) is 2.27. The molecule has 2 nitrogen and oxygen atoms in total. The van der Waals surface area contributed by atoms with Gasteiger partial charge in [0.2, 0.25) is 0 Å². The zero-order valence-electron chi connectivity index (χ0n) is 12.5. The molecular weight excluding hydrogens is 222 g/mol. The summed E-state index contributed by atoms with van der Waals surface area (Å²) < 4.78 is 0. The maximum atomic E-state index is 10.4. The lowest BCUT2D eigenvalue weighted by molar-refractivity contribution is 0.136. The molecule has 2 N–H and O–H groups in total. The highest BCUT2D eigenvalue weighted by Crippen LogP contribution is 2.28. The Morgan fingerprint density at radius 3 is 2.39 bits per heavy atom. The highest BCUT2D eigenvalue weighted by atomic mass is 16.3. The fourth-order valence-corrected chi connectivity index (χ4v) is 2.13. The molecule has 1 rings (SSSR count). The molecule has 0 aliphatic heterocycles. The van der Waals surface area contributed by atoms with Gasteiger partial charge in [-0.1, -0.05) is 45.9 Å². The van der Waals surface area contributed by atoms with Gasteiger partial charge in [-0.05, 0) is 42.5 Å². The number of aryl methyl sites for hydroxylation is 1. The molecule has 0 radical (unpaired) electrons. The summed E-state index contributed by atoms with van der Waals surface area (Å²) in [4.78, 5) is 0. The summed E-state index contributed by atoms with van der Waals surface area (Å²) in [7, 11) is 0. The van der Waals surface area contributed by atoms with Crippen molar-refractivity contribution in [2.24, 2.45) is 0 Å². The second kappa shape index (κ2) is 5.85. The first-order valence-corrected chi connectivity index (χ1v) is 6.79. The van der Waals surface area contributed by atoms with Crippen LogP contribution in [0.1, 0.15) is 57.4 Å². The first-order valence-electron chi connectivity index (χ1n) is 6.79. The molecule has 102 valence electrons. The Balaban J connectivity index is 3.08. The van der Waals surface area contributed by atoms with Crippen LogP contribution in [0.15, 0.2) is 18.2 Å². The molecule has 0 aliphatic rings. The molecule has 2 atom stereocenters. The fourth-order valence-electron chi connectivity index (χ4n) is 2.13. The van der Waals surface area contributed by atoms with Gasteiger partial charge in [0.25, 0.3) is 0 Å². The van der Waals surface area contributed by atoms with Crippen LogP contribution in [0.5, 0.6) is 0 Å². The van der Waals surface area contributed by atoms with E-state index in [2.05, 4.69) is 58.1 Å². The second-order valence-corrected chi connectivity index (χ2v) is 6.11. The molecule has 0 aliphatic carbocycles. The molecule has 0 bridgehead atoms. The van der Waals surface area contributed by atoms with E-state index in [0.29, 0.717) is 0 Å². The summed E-state index contributed by atoms with van der Waals surface area (Å²) in [6, 6.07) is 6.48. The van der Waals surface area contributed by atoms with Crippen molar-refractivity contribution in [3.05, 3.63) is 34.9 Å². The third-order valence-corrected chi connectivity index (χ3v) is 3.46. The molecule has 2 unspecified atom stereocenters. The van der Waals surface area contributed by atoms with Crippen molar-refractivity contribution in [2.45, 2.75) is 59.1 Å². The van der Waals surface area contributed by atoms with Crippen LogP contribution in [0.2, 0.25) is 0 Å². The summed E-state index contributed by atoms with van der Waals surface area (Å²) in [5.74, 6) is 0. The van der Waals surface area contributed by atoms with Gasteiger partial charge >= 0.3 is 0 Å². The van der Waals surface area contributed by atoms with Gasteiger partial charge < -0.3 is 10.4 Å². The number of nitrogens with one attached hydrogen (secondary N) is 1. The SMILES string of the molecule is CCNC(C)C(O)c1cc(C(C)(C)C)ccc1C. The molecule has 0 amide bonds. The number of hydrogen-bond donors (Lipinski definition) is 2. The minimum Gasteiger partial charge on any atom is -0.387 e. The zero-order valence-corrected chi connectivity index (χ0v) is 12.5. The molecular formula is C16H27NO. The number of aliphatic hydroxyl groups excluding tert-OH is 1. The molecule has 0 heterocycles. The maximum Gasteiger partial charge on any atom is 0.0942 e. The van der Waals surface area contributed by atoms with Crippen molar-refractivity contribution in [1.29, 1.82) is 0 Å². The maximum absolute atomic E-state index is 10.4. The number of benzene rings is 1. The van der Waals surface area contributed by atoms with E-state index in [9.17, 15) is 5.11 Å². The van der Waals surface area contributed by atoms with E-state index in [1.54, 1.807) is 0 Å². The van der Waals surface area contributed by atoms with Gasteiger partial charge in [0.05, 0.1) is 6.10 Å². The first kappa shape index (κ1) is 15.2. The zero-order chi connectivity index (χ0) is 13.9. The molecule has 0 spiro atoms. The summed E-state index contributed by atoms with van der Waals surface area (Å²) in [5.41, 5.74) is 3.57. The lowest BCUT2D eigenvalue weighted by Gasteiger charge is -2.25. The lowest BCUT2D eigenvalue weighted by atomic mass is 9.84. The van der Waals surface area contributed by atoms with Crippen molar-refractivity contribution in [2.75, 3.05) is 6.54 Å². The average molecular weight is 249 g/mol. The van der Waals surface area contributed by atoms with Gasteiger partial charge in [-0.15, -0.1) is 0 Å². The van der Waals surface area contributed by atoms with Crippen molar-refractivity contribution in [3.8, 4) is 0 Å². The predicted octanol–water partition coefficient (Wildman–Crippen LogP) is 3.32. The number of likely N-dealkylation sites (N-methyl/N-ethyl adjacent to an activating group) is 1. The minimum absolute atomic E-state index is 0.0731. The van der Waals surface area contributed by atoms with Crippen LogP contribution in [-0.2, 0) is 5.41 Å². The summed E-state index contributed by atoms with van der Waals surface area (Å²) >= 11 is 0. The molecule has 0 saturated carbocycles. The quantitative estimate of drug-likeness (QED) is 0.858. The Morgan fingerprint density at radius 1 is 1.28 bits per heavy atom. The highest BCUT2D eigenvalue weighted by molar-refractivity contribution is 5.36. The fraction of sp³-hybridized carbons (Fsp3) is 0.625. The monoisotopic (exact) mass is 249 g/mol. The molecule has 0 fully saturated rings. The van der Waals surface area contributed by atoms with Crippen LogP contribution in [0.4, 0.5) is 0 Å². The van der Waals surface area contributed by atoms with E-state index in [0.717, 1.165) is 17.7 Å². The Bertz CT molecular complexity index is 393. The number of hydrogen-bond acceptors (Lipinski definition) is 2. The second-order valence-electron chi connectivity index (χ2n) is 6.11. The largest absolute Gasteiger partial charge is 0.387 e. The van der Waals surface area contributed by atoms with E-state index in [4.69, 9.17) is 0 Å². The predicted molar refractivity (Wildman–Crippen MR) is 78.0 cm³/mol. The van der Waals surface area contributed by atoms with Crippen molar-refractivity contribution < 1.29 is 5.11 Å². The third-order valence-electron chi connectivity index (χ3n) is 3.46. The van der Waals surface area contributed by atoms with Gasteiger partial charge in [0.1, 0.15) is 0 Å². The van der Waals surface area contributed by atoms with Crippen molar-refractivity contribution >= 4 is 0 Å². The van der Waals surface area contributed by atoms with Crippen molar-refractivity contribution in [3.63, 3.8) is 0 Å². The third kappa shape index (κ3) is 3.56. The Labute approximate surface area is 111 Å². The molecule has 0 aromatic heterocycles. The normalized spacial score (nSPS) is 15.5. The van der Waals surface area contributed by atoms with Gasteiger partial charge in [-0.3, -0.25) is 0 Å². The lowest BCUT2D eigenvalue weighted by Crippen LogP contribution is -2.32. The number of aliphatic hydroxyl groups is 1. The van der Waals surface area contributed by atoms with E-state index in [-0.39, 0.29) is 11.5 Å². The molecule has 2 heteroatoms. The van der Waals surface area contributed by atoms with Crippen LogP contribution < -0.4 is 5.32 Å². The Morgan fingerprint density at radius 2 is 1.89 bits per heavy atom. The van der Waals surface area contributed by atoms with Crippen molar-refractivity contribution in [1.82, 2.24) is 5.32 Å². The van der Waals surface area contributed by atoms with Gasteiger partial charge in [-0.2, -0.15) is 0 Å². The standard InChI is InChI=1S/C16H27NO/c1-7-17-12(3)15(18)14-10-13(16(4,5)6)9-8-11(14)2/h8-10,12,15,17-18H,7H2,1-6H3.